The third kappa shape index (κ3) is 3.02. The van der Waals surface area contributed by atoms with Crippen LogP contribution in [0, 0.1) is 0 Å². The molecule has 0 unspecified atom stereocenters. The average molecular weight is 229 g/mol. The van der Waals surface area contributed by atoms with E-state index < -0.39 is 0 Å². The molecule has 15 heavy (non-hydrogen) atoms. The Hall–Kier alpha value is -1.42. The van der Waals surface area contributed by atoms with Gasteiger partial charge in [-0.2, -0.15) is 0 Å². The van der Waals surface area contributed by atoms with E-state index in [1.807, 2.05) is 6.92 Å². The number of nitrogens with zero attached hydrogens (tertiary/aromatic N) is 1. The largest absolute Gasteiger partial charge is 0.485 e. The molecule has 0 heterocycles. The molecule has 0 bridgehead atoms. The number of rotatable bonds is 4. The summed E-state index contributed by atoms with van der Waals surface area (Å²) in [6, 6.07) is 5.40. The molecule has 0 saturated heterocycles. The lowest BCUT2D eigenvalue weighted by Gasteiger charge is -2.10. The monoisotopic (exact) mass is 228 g/mol. The Kier molecular flexibility index (Phi) is 4.24. The number of ether oxygens (including phenoxy) is 1. The number of hydrogen-bond acceptors (Lipinski definition) is 3. The van der Waals surface area contributed by atoms with E-state index in [4.69, 9.17) is 27.3 Å². The Morgan fingerprint density at radius 3 is 2.93 bits per heavy atom. The molecular weight excluding hydrogens is 216 g/mol. The van der Waals surface area contributed by atoms with E-state index in [-0.39, 0.29) is 12.4 Å². The first kappa shape index (κ1) is 11.7. The summed E-state index contributed by atoms with van der Waals surface area (Å²) in [4.78, 5) is 0. The topological polar surface area (TPSA) is 67.8 Å². The van der Waals surface area contributed by atoms with E-state index >= 15 is 0 Å². The molecule has 3 N–H and O–H groups in total. The minimum atomic E-state index is 0.0250. The molecule has 82 valence electrons. The fourth-order valence-corrected chi connectivity index (χ4v) is 1.50. The molecule has 0 spiro atoms. The Morgan fingerprint density at radius 1 is 1.60 bits per heavy atom. The summed E-state index contributed by atoms with van der Waals surface area (Å²) in [6.45, 7) is 2.03. The van der Waals surface area contributed by atoms with Gasteiger partial charge < -0.3 is 15.7 Å². The summed E-state index contributed by atoms with van der Waals surface area (Å²) >= 11 is 5.99. The smallest absolute Gasteiger partial charge is 0.177 e. The van der Waals surface area contributed by atoms with Gasteiger partial charge in [0.2, 0.25) is 0 Å². The highest BCUT2D eigenvalue weighted by Gasteiger charge is 2.06. The van der Waals surface area contributed by atoms with Gasteiger partial charge in [0.05, 0.1) is 0 Å². The minimum absolute atomic E-state index is 0.0250. The van der Waals surface area contributed by atoms with E-state index in [0.717, 1.165) is 12.0 Å². The van der Waals surface area contributed by atoms with Crippen LogP contribution in [0.15, 0.2) is 23.4 Å². The van der Waals surface area contributed by atoms with E-state index in [1.165, 1.54) is 0 Å². The highest BCUT2D eigenvalue weighted by molar-refractivity contribution is 6.31. The molecule has 4 nitrogen and oxygen atoms in total. The first-order valence-corrected chi connectivity index (χ1v) is 4.93. The molecule has 1 aromatic carbocycles. The van der Waals surface area contributed by atoms with Crippen molar-refractivity contribution in [2.24, 2.45) is 10.9 Å². The fraction of sp³-hybridized carbons (Fsp3) is 0.300. The van der Waals surface area contributed by atoms with E-state index in [0.29, 0.717) is 10.8 Å². The quantitative estimate of drug-likeness (QED) is 0.359. The molecule has 1 aromatic rings. The van der Waals surface area contributed by atoms with Crippen molar-refractivity contribution in [3.63, 3.8) is 0 Å². The standard InChI is InChI=1S/C10H13ClN2O2/c1-2-7-8(11)4-3-5-9(7)15-6-10(12)13-14/h3-5,14H,2,6H2,1H3,(H2,12,13). The zero-order valence-corrected chi connectivity index (χ0v) is 9.16. The highest BCUT2D eigenvalue weighted by atomic mass is 35.5. The SMILES string of the molecule is CCc1c(Cl)cccc1OCC(N)=NO. The predicted octanol–water partition coefficient (Wildman–Crippen LogP) is 2.03. The number of nitrogens with two attached hydrogens (primary N) is 1. The van der Waals surface area contributed by atoms with Crippen LogP contribution in [0.2, 0.25) is 5.02 Å². The normalized spacial score (nSPS) is 11.5. The Labute approximate surface area is 93.3 Å². The summed E-state index contributed by atoms with van der Waals surface area (Å²) in [6.07, 6.45) is 0.769. The molecule has 0 fully saturated rings. The van der Waals surface area contributed by atoms with Crippen LogP contribution in [-0.2, 0) is 6.42 Å². The van der Waals surface area contributed by atoms with Gasteiger partial charge in [-0.25, -0.2) is 0 Å². The summed E-state index contributed by atoms with van der Waals surface area (Å²) in [5.74, 6) is 0.689. The van der Waals surface area contributed by atoms with Crippen molar-refractivity contribution in [1.82, 2.24) is 0 Å². The van der Waals surface area contributed by atoms with Crippen molar-refractivity contribution in [3.05, 3.63) is 28.8 Å². The summed E-state index contributed by atoms with van der Waals surface area (Å²) in [5.41, 5.74) is 6.21. The van der Waals surface area contributed by atoms with Crippen LogP contribution in [0.1, 0.15) is 12.5 Å². The third-order valence-corrected chi connectivity index (χ3v) is 2.29. The van der Waals surface area contributed by atoms with Crippen LogP contribution >= 0.6 is 11.6 Å². The number of hydrogen-bond donors (Lipinski definition) is 2. The van der Waals surface area contributed by atoms with Gasteiger partial charge in [-0.15, -0.1) is 0 Å². The van der Waals surface area contributed by atoms with Crippen molar-refractivity contribution in [3.8, 4) is 5.75 Å². The first-order valence-electron chi connectivity index (χ1n) is 4.55. The second kappa shape index (κ2) is 5.46. The van der Waals surface area contributed by atoms with Crippen molar-refractivity contribution in [1.29, 1.82) is 0 Å². The maximum absolute atomic E-state index is 8.35. The van der Waals surface area contributed by atoms with Crippen LogP contribution in [0.5, 0.6) is 5.75 Å². The van der Waals surface area contributed by atoms with Crippen molar-refractivity contribution in [2.75, 3.05) is 6.61 Å². The molecule has 5 heteroatoms. The zero-order chi connectivity index (χ0) is 11.3. The van der Waals surface area contributed by atoms with Gasteiger partial charge in [-0.1, -0.05) is 29.7 Å². The second-order valence-electron chi connectivity index (χ2n) is 2.95. The molecule has 1 rings (SSSR count). The van der Waals surface area contributed by atoms with Gasteiger partial charge in [0.15, 0.2) is 5.84 Å². The first-order chi connectivity index (χ1) is 7.19. The van der Waals surface area contributed by atoms with E-state index in [9.17, 15) is 0 Å². The average Bonchev–Trinajstić information content (AvgIpc) is 2.25. The van der Waals surface area contributed by atoms with Gasteiger partial charge in [-0.3, -0.25) is 0 Å². The minimum Gasteiger partial charge on any atom is -0.485 e. The lowest BCUT2D eigenvalue weighted by atomic mass is 10.1. The predicted molar refractivity (Wildman–Crippen MR) is 59.7 cm³/mol. The molecule has 0 aliphatic carbocycles. The number of halogens is 1. The molecule has 0 aliphatic heterocycles. The molecule has 0 aliphatic rings. The number of benzene rings is 1. The molecule has 0 saturated carbocycles. The zero-order valence-electron chi connectivity index (χ0n) is 8.40. The van der Waals surface area contributed by atoms with Crippen LogP contribution in [0.25, 0.3) is 0 Å². The number of oxime groups is 1. The molecule has 0 atom stereocenters. The lowest BCUT2D eigenvalue weighted by Crippen LogP contribution is -2.21. The molecule has 0 aromatic heterocycles. The number of amidine groups is 1. The van der Waals surface area contributed by atoms with Crippen LogP contribution in [0.3, 0.4) is 0 Å². The van der Waals surface area contributed by atoms with Crippen molar-refractivity contribution >= 4 is 17.4 Å². The molecule has 0 amide bonds. The summed E-state index contributed by atoms with van der Waals surface area (Å²) in [7, 11) is 0. The Bertz CT molecular complexity index is 366. The van der Waals surface area contributed by atoms with Gasteiger partial charge in [0.25, 0.3) is 0 Å². The maximum atomic E-state index is 8.35. The van der Waals surface area contributed by atoms with Crippen LogP contribution < -0.4 is 10.5 Å². The van der Waals surface area contributed by atoms with Gasteiger partial charge >= 0.3 is 0 Å². The third-order valence-electron chi connectivity index (χ3n) is 1.93. The van der Waals surface area contributed by atoms with Crippen LogP contribution in [0.4, 0.5) is 0 Å². The van der Waals surface area contributed by atoms with E-state index in [1.54, 1.807) is 18.2 Å². The van der Waals surface area contributed by atoms with Gasteiger partial charge in [-0.05, 0) is 18.6 Å². The van der Waals surface area contributed by atoms with Crippen molar-refractivity contribution in [2.45, 2.75) is 13.3 Å². The molecular formula is C10H13ClN2O2. The van der Waals surface area contributed by atoms with Gasteiger partial charge in [0.1, 0.15) is 12.4 Å². The Balaban J connectivity index is 2.80. The Morgan fingerprint density at radius 2 is 2.33 bits per heavy atom. The van der Waals surface area contributed by atoms with Gasteiger partial charge in [0, 0.05) is 10.6 Å². The fourth-order valence-electron chi connectivity index (χ4n) is 1.20. The van der Waals surface area contributed by atoms with Crippen LogP contribution in [-0.4, -0.2) is 17.6 Å². The summed E-state index contributed by atoms with van der Waals surface area (Å²) < 4.78 is 5.36. The lowest BCUT2D eigenvalue weighted by molar-refractivity contribution is 0.306. The highest BCUT2D eigenvalue weighted by Crippen LogP contribution is 2.26. The second-order valence-corrected chi connectivity index (χ2v) is 3.36. The molecule has 0 radical (unpaired) electrons. The van der Waals surface area contributed by atoms with E-state index in [2.05, 4.69) is 5.16 Å². The maximum Gasteiger partial charge on any atom is 0.177 e. The summed E-state index contributed by atoms with van der Waals surface area (Å²) in [5, 5.41) is 11.8. The van der Waals surface area contributed by atoms with Crippen molar-refractivity contribution < 1.29 is 9.94 Å².